The number of piperidine rings is 1. The third kappa shape index (κ3) is 5.57. The summed E-state index contributed by atoms with van der Waals surface area (Å²) in [7, 11) is -1.88. The van der Waals surface area contributed by atoms with E-state index >= 15 is 0 Å². The minimum atomic E-state index is -1.88. The molecular weight excluding hydrogens is 537 g/mol. The second-order valence-electron chi connectivity index (χ2n) is 12.8. The molecule has 2 aromatic carbocycles. The molecule has 0 bridgehead atoms. The molecule has 212 valence electrons. The fourth-order valence-electron chi connectivity index (χ4n) is 5.71. The number of nitrogens with one attached hydrogen (secondary N) is 1. The number of carbonyl (C=O) groups is 1. The van der Waals surface area contributed by atoms with Crippen molar-refractivity contribution in [3.8, 4) is 10.9 Å². The normalized spacial score (nSPS) is 19.8. The molecule has 9 heteroatoms. The smallest absolute Gasteiger partial charge is 0.279 e. The van der Waals surface area contributed by atoms with E-state index in [2.05, 4.69) is 78.0 Å². The Morgan fingerprint density at radius 2 is 1.90 bits per heavy atom. The molecule has 0 aliphatic carbocycles. The number of likely N-dealkylation sites (tertiary alicyclic amines) is 2. The van der Waals surface area contributed by atoms with Crippen molar-refractivity contribution in [1.82, 2.24) is 19.8 Å². The molecule has 2 aliphatic rings. The summed E-state index contributed by atoms with van der Waals surface area (Å²) in [6, 6.07) is 14.6. The molecule has 1 N–H and O–H groups in total. The number of nitrogens with zero attached hydrogens (tertiary/aromatic N) is 3. The van der Waals surface area contributed by atoms with E-state index in [1.165, 1.54) is 10.9 Å². The molecule has 0 saturated carbocycles. The first kappa shape index (κ1) is 27.4. The molecule has 0 spiro atoms. The Kier molecular flexibility index (Phi) is 7.27. The van der Waals surface area contributed by atoms with Crippen molar-refractivity contribution in [2.45, 2.75) is 76.9 Å². The lowest BCUT2D eigenvalue weighted by molar-refractivity contribution is -0.130. The van der Waals surface area contributed by atoms with Crippen LogP contribution in [0.4, 0.5) is 0 Å². The van der Waals surface area contributed by atoms with E-state index in [9.17, 15) is 4.79 Å². The summed E-state index contributed by atoms with van der Waals surface area (Å²) in [6.07, 6.45) is 4.72. The van der Waals surface area contributed by atoms with E-state index in [0.717, 1.165) is 60.5 Å². The molecular formula is C31H40N4O3SSi. The molecule has 7 nitrogen and oxygen atoms in total. The van der Waals surface area contributed by atoms with Gasteiger partial charge in [0.25, 0.3) is 5.19 Å². The average molecular weight is 577 g/mol. The number of benzene rings is 2. The SMILES string of the molecule is CC(C)(C)[Si](C)(C)O[C@@H]1CC(=O)N(C2CCN(Cc3c[nH]c4cc(Oc5nc6ccccc6s5)ccc34)CC2)C1. The Morgan fingerprint density at radius 3 is 2.65 bits per heavy atom. The fourth-order valence-corrected chi connectivity index (χ4v) is 7.89. The minimum Gasteiger partial charge on any atom is -0.431 e. The topological polar surface area (TPSA) is 70.7 Å². The van der Waals surface area contributed by atoms with Crippen LogP contribution in [0.5, 0.6) is 10.9 Å². The second kappa shape index (κ2) is 10.6. The molecule has 2 fully saturated rings. The Hall–Kier alpha value is -2.72. The van der Waals surface area contributed by atoms with Crippen molar-refractivity contribution in [3.05, 3.63) is 54.2 Å². The van der Waals surface area contributed by atoms with Crippen LogP contribution in [0.2, 0.25) is 18.1 Å². The lowest BCUT2D eigenvalue weighted by Gasteiger charge is -2.39. The van der Waals surface area contributed by atoms with Crippen molar-refractivity contribution in [2.24, 2.45) is 0 Å². The summed E-state index contributed by atoms with van der Waals surface area (Å²) in [6.45, 7) is 15.0. The Morgan fingerprint density at radius 1 is 1.12 bits per heavy atom. The number of hydrogen-bond acceptors (Lipinski definition) is 6. The maximum absolute atomic E-state index is 12.9. The van der Waals surface area contributed by atoms with Crippen LogP contribution in [0.25, 0.3) is 21.1 Å². The maximum atomic E-state index is 12.9. The molecule has 4 aromatic rings. The highest BCUT2D eigenvalue weighted by Gasteiger charge is 2.43. The summed E-state index contributed by atoms with van der Waals surface area (Å²) in [5, 5.41) is 2.03. The maximum Gasteiger partial charge on any atom is 0.279 e. The predicted molar refractivity (Wildman–Crippen MR) is 165 cm³/mol. The van der Waals surface area contributed by atoms with Crippen LogP contribution in [0.3, 0.4) is 0 Å². The monoisotopic (exact) mass is 576 g/mol. The molecule has 0 radical (unpaired) electrons. The van der Waals surface area contributed by atoms with E-state index in [4.69, 9.17) is 9.16 Å². The third-order valence-corrected chi connectivity index (χ3v) is 14.4. The van der Waals surface area contributed by atoms with Gasteiger partial charge >= 0.3 is 0 Å². The Balaban J connectivity index is 1.04. The number of ether oxygens (including phenoxy) is 1. The van der Waals surface area contributed by atoms with Crippen molar-refractivity contribution < 1.29 is 14.0 Å². The molecule has 4 heterocycles. The molecule has 1 amide bonds. The van der Waals surface area contributed by atoms with Gasteiger partial charge < -0.3 is 19.0 Å². The second-order valence-corrected chi connectivity index (χ2v) is 18.6. The van der Waals surface area contributed by atoms with Crippen LogP contribution in [0.15, 0.2) is 48.7 Å². The van der Waals surface area contributed by atoms with Gasteiger partial charge in [0.1, 0.15) is 5.75 Å². The molecule has 1 atom stereocenters. The zero-order chi connectivity index (χ0) is 28.1. The van der Waals surface area contributed by atoms with Gasteiger partial charge in [-0.3, -0.25) is 9.69 Å². The number of para-hydroxylation sites is 1. The van der Waals surface area contributed by atoms with Crippen molar-refractivity contribution in [3.63, 3.8) is 0 Å². The third-order valence-electron chi connectivity index (χ3n) is 9.00. The number of hydrogen-bond donors (Lipinski definition) is 1. The van der Waals surface area contributed by atoms with Gasteiger partial charge in [-0.1, -0.05) is 44.2 Å². The number of thiazole rings is 1. The van der Waals surface area contributed by atoms with E-state index in [0.29, 0.717) is 17.7 Å². The fraction of sp³-hybridized carbons (Fsp3) is 0.484. The first-order chi connectivity index (χ1) is 19.1. The van der Waals surface area contributed by atoms with Crippen LogP contribution in [0, 0.1) is 0 Å². The number of rotatable bonds is 7. The van der Waals surface area contributed by atoms with E-state index < -0.39 is 8.32 Å². The minimum absolute atomic E-state index is 0.0427. The largest absolute Gasteiger partial charge is 0.431 e. The van der Waals surface area contributed by atoms with Gasteiger partial charge in [-0.05, 0) is 60.8 Å². The standard InChI is InChI=1S/C31H40N4O3SSi/c1-31(2,3)40(4,5)38-24-17-29(36)35(20-24)22-12-14-34(15-13-22)19-21-18-32-27-16-23(10-11-25(21)27)37-30-33-26-8-6-7-9-28(26)39-30/h6-11,16,18,22,24,32H,12-15,17,19-20H2,1-5H3/t24-/m1/s1. The number of H-pyrrole nitrogens is 1. The summed E-state index contributed by atoms with van der Waals surface area (Å²) < 4.78 is 13.8. The summed E-state index contributed by atoms with van der Waals surface area (Å²) in [5.74, 6) is 1.05. The van der Waals surface area contributed by atoms with Crippen molar-refractivity contribution in [2.75, 3.05) is 19.6 Å². The molecule has 0 unspecified atom stereocenters. The highest BCUT2D eigenvalue weighted by molar-refractivity contribution is 7.20. The number of carbonyl (C=O) groups excluding carboxylic acids is 1. The van der Waals surface area contributed by atoms with Crippen molar-refractivity contribution >= 4 is 46.7 Å². The molecule has 2 aromatic heterocycles. The zero-order valence-electron chi connectivity index (χ0n) is 24.2. The molecule has 6 rings (SSSR count). The zero-order valence-corrected chi connectivity index (χ0v) is 26.0. The summed E-state index contributed by atoms with van der Waals surface area (Å²) >= 11 is 1.56. The number of aromatic amines is 1. The van der Waals surface area contributed by atoms with Crippen molar-refractivity contribution in [1.29, 1.82) is 0 Å². The Labute approximate surface area is 241 Å². The van der Waals surface area contributed by atoms with Gasteiger partial charge in [0.05, 0.1) is 22.7 Å². The predicted octanol–water partition coefficient (Wildman–Crippen LogP) is 7.16. The van der Waals surface area contributed by atoms with Crippen LogP contribution in [0.1, 0.15) is 45.6 Å². The van der Waals surface area contributed by atoms with E-state index in [1.807, 2.05) is 24.3 Å². The number of aromatic nitrogens is 2. The molecule has 2 saturated heterocycles. The molecule has 40 heavy (non-hydrogen) atoms. The summed E-state index contributed by atoms with van der Waals surface area (Å²) in [5.41, 5.74) is 3.32. The van der Waals surface area contributed by atoms with Gasteiger partial charge in [-0.25, -0.2) is 4.98 Å². The number of amides is 1. The van der Waals surface area contributed by atoms with Gasteiger partial charge in [-0.15, -0.1) is 0 Å². The highest BCUT2D eigenvalue weighted by atomic mass is 32.1. The van der Waals surface area contributed by atoms with Gasteiger partial charge in [0.15, 0.2) is 8.32 Å². The lowest BCUT2D eigenvalue weighted by atomic mass is 10.0. The van der Waals surface area contributed by atoms with Gasteiger partial charge in [0.2, 0.25) is 5.91 Å². The Bertz CT molecular complexity index is 1480. The van der Waals surface area contributed by atoms with Gasteiger partial charge in [-0.2, -0.15) is 0 Å². The van der Waals surface area contributed by atoms with E-state index in [1.54, 1.807) is 11.3 Å². The van der Waals surface area contributed by atoms with Crippen LogP contribution < -0.4 is 4.74 Å². The highest BCUT2D eigenvalue weighted by Crippen LogP contribution is 2.39. The average Bonchev–Trinajstić information content (AvgIpc) is 3.60. The lowest BCUT2D eigenvalue weighted by Crippen LogP contribution is -2.47. The number of fused-ring (bicyclic) bond motifs is 2. The first-order valence-corrected chi connectivity index (χ1v) is 18.1. The van der Waals surface area contributed by atoms with E-state index in [-0.39, 0.29) is 17.0 Å². The summed E-state index contributed by atoms with van der Waals surface area (Å²) in [4.78, 5) is 25.6. The molecule has 2 aliphatic heterocycles. The van der Waals surface area contributed by atoms with Crippen LogP contribution in [-0.2, 0) is 15.8 Å². The van der Waals surface area contributed by atoms with Crippen LogP contribution in [-0.4, -0.2) is 65.8 Å². The first-order valence-electron chi connectivity index (χ1n) is 14.4. The van der Waals surface area contributed by atoms with Gasteiger partial charge in [0, 0.05) is 55.4 Å². The quantitative estimate of drug-likeness (QED) is 0.237. The van der Waals surface area contributed by atoms with Crippen LogP contribution >= 0.6 is 11.3 Å².